The van der Waals surface area contributed by atoms with Crippen molar-refractivity contribution in [3.63, 3.8) is 0 Å². The quantitative estimate of drug-likeness (QED) is 0.501. The van der Waals surface area contributed by atoms with Crippen LogP contribution in [0.15, 0.2) is 35.4 Å². The van der Waals surface area contributed by atoms with E-state index in [4.69, 9.17) is 9.47 Å². The van der Waals surface area contributed by atoms with Crippen molar-refractivity contribution < 1.29 is 14.6 Å². The van der Waals surface area contributed by atoms with Crippen molar-refractivity contribution in [2.75, 3.05) is 25.6 Å². The van der Waals surface area contributed by atoms with Crippen LogP contribution in [-0.4, -0.2) is 56.6 Å². The third-order valence-corrected chi connectivity index (χ3v) is 6.14. The molecule has 0 bridgehead atoms. The van der Waals surface area contributed by atoms with E-state index in [9.17, 15) is 9.90 Å². The van der Waals surface area contributed by atoms with E-state index in [1.54, 1.807) is 30.1 Å². The first-order valence-corrected chi connectivity index (χ1v) is 11.4. The number of pyridine rings is 2. The highest BCUT2D eigenvalue weighted by Gasteiger charge is 2.29. The first-order chi connectivity index (χ1) is 15.9. The van der Waals surface area contributed by atoms with Crippen molar-refractivity contribution in [2.24, 2.45) is 0 Å². The van der Waals surface area contributed by atoms with Gasteiger partial charge in [0.25, 0.3) is 5.56 Å². The fourth-order valence-electron chi connectivity index (χ4n) is 4.15. The maximum absolute atomic E-state index is 13.4. The van der Waals surface area contributed by atoms with E-state index < -0.39 is 5.60 Å². The van der Waals surface area contributed by atoms with Gasteiger partial charge >= 0.3 is 0 Å². The van der Waals surface area contributed by atoms with Crippen molar-refractivity contribution in [3.05, 3.63) is 40.9 Å². The molecule has 0 aromatic carbocycles. The van der Waals surface area contributed by atoms with Crippen LogP contribution in [-0.2, 0) is 11.3 Å². The summed E-state index contributed by atoms with van der Waals surface area (Å²) in [5, 5.41) is 13.5. The summed E-state index contributed by atoms with van der Waals surface area (Å²) in [5.74, 6) is 0.834. The van der Waals surface area contributed by atoms with Crippen molar-refractivity contribution in [1.82, 2.24) is 19.5 Å². The molecule has 0 aliphatic heterocycles. The summed E-state index contributed by atoms with van der Waals surface area (Å²) >= 11 is 0. The number of hydrogen-bond donors (Lipinski definition) is 2. The Labute approximate surface area is 192 Å². The maximum atomic E-state index is 13.4. The topological polar surface area (TPSA) is 111 Å². The van der Waals surface area contributed by atoms with E-state index in [1.165, 1.54) is 0 Å². The number of anilines is 1. The van der Waals surface area contributed by atoms with Crippen LogP contribution < -0.4 is 15.6 Å². The molecule has 3 heterocycles. The van der Waals surface area contributed by atoms with Crippen molar-refractivity contribution >= 4 is 16.9 Å². The summed E-state index contributed by atoms with van der Waals surface area (Å²) in [4.78, 5) is 26.8. The summed E-state index contributed by atoms with van der Waals surface area (Å²) in [6.07, 6.45) is 6.33. The highest BCUT2D eigenvalue weighted by atomic mass is 16.5. The van der Waals surface area contributed by atoms with E-state index in [1.807, 2.05) is 26.0 Å². The summed E-state index contributed by atoms with van der Waals surface area (Å²) < 4.78 is 12.4. The van der Waals surface area contributed by atoms with Gasteiger partial charge in [0, 0.05) is 37.0 Å². The smallest absolute Gasteiger partial charge is 0.293 e. The molecule has 0 unspecified atom stereocenters. The van der Waals surface area contributed by atoms with Gasteiger partial charge in [0.05, 0.1) is 36.7 Å². The summed E-state index contributed by atoms with van der Waals surface area (Å²) in [5.41, 5.74) is 2.00. The highest BCUT2D eigenvalue weighted by Crippen LogP contribution is 2.29. The lowest BCUT2D eigenvalue weighted by Crippen LogP contribution is -2.38. The van der Waals surface area contributed by atoms with Crippen LogP contribution in [0.5, 0.6) is 5.88 Å². The largest absolute Gasteiger partial charge is 0.481 e. The number of ether oxygens (including phenoxy) is 2. The Morgan fingerprint density at radius 2 is 2.03 bits per heavy atom. The van der Waals surface area contributed by atoms with E-state index >= 15 is 0 Å². The van der Waals surface area contributed by atoms with Crippen molar-refractivity contribution in [2.45, 2.75) is 57.7 Å². The first-order valence-electron chi connectivity index (χ1n) is 11.4. The predicted octanol–water partition coefficient (Wildman–Crippen LogP) is 3.00. The molecule has 0 spiro atoms. The molecule has 33 heavy (non-hydrogen) atoms. The van der Waals surface area contributed by atoms with Crippen LogP contribution in [0.3, 0.4) is 0 Å². The molecule has 9 heteroatoms. The Morgan fingerprint density at radius 1 is 1.24 bits per heavy atom. The number of hydrogen-bond acceptors (Lipinski definition) is 8. The average Bonchev–Trinajstić information content (AvgIpc) is 2.82. The van der Waals surface area contributed by atoms with Crippen molar-refractivity contribution in [3.8, 4) is 17.1 Å². The molecule has 0 amide bonds. The van der Waals surface area contributed by atoms with Gasteiger partial charge in [0.15, 0.2) is 5.82 Å². The molecule has 0 radical (unpaired) electrons. The van der Waals surface area contributed by atoms with Gasteiger partial charge in [-0.2, -0.15) is 0 Å². The minimum absolute atomic E-state index is 0.0980. The average molecular weight is 454 g/mol. The summed E-state index contributed by atoms with van der Waals surface area (Å²) in [7, 11) is 1.57. The zero-order valence-corrected chi connectivity index (χ0v) is 19.4. The molecular weight excluding hydrogens is 422 g/mol. The number of rotatable bonds is 8. The minimum Gasteiger partial charge on any atom is -0.481 e. The second-order valence-corrected chi connectivity index (χ2v) is 8.68. The van der Waals surface area contributed by atoms with Crippen LogP contribution in [0, 0.1) is 0 Å². The second kappa shape index (κ2) is 9.84. The Kier molecular flexibility index (Phi) is 6.90. The molecule has 1 fully saturated rings. The number of aromatic nitrogens is 4. The molecule has 0 saturated heterocycles. The Balaban J connectivity index is 1.70. The van der Waals surface area contributed by atoms with Crippen LogP contribution >= 0.6 is 0 Å². The van der Waals surface area contributed by atoms with E-state index in [0.717, 1.165) is 18.4 Å². The highest BCUT2D eigenvalue weighted by molar-refractivity contribution is 5.80. The molecule has 1 aliphatic carbocycles. The molecule has 1 saturated carbocycles. The third-order valence-electron chi connectivity index (χ3n) is 6.14. The van der Waals surface area contributed by atoms with Gasteiger partial charge < -0.3 is 24.5 Å². The van der Waals surface area contributed by atoms with Gasteiger partial charge in [-0.3, -0.25) is 9.78 Å². The lowest BCUT2D eigenvalue weighted by Gasteiger charge is -2.33. The number of nitrogens with zero attached hydrogens (tertiary/aromatic N) is 4. The van der Waals surface area contributed by atoms with Gasteiger partial charge in [0.1, 0.15) is 5.52 Å². The third kappa shape index (κ3) is 5.31. The van der Waals surface area contributed by atoms with Crippen LogP contribution in [0.2, 0.25) is 0 Å². The molecule has 4 rings (SSSR count). The number of fused-ring (bicyclic) bond motifs is 1. The SMILES string of the molecule is CCOCCn1c(=O)c(NC2CCC(C)(O)CC2)nc2cnc(-c3ccc(OC)nc3)cc21. The first kappa shape index (κ1) is 23.1. The van der Waals surface area contributed by atoms with E-state index in [0.29, 0.717) is 61.0 Å². The fraction of sp³-hybridized carbons (Fsp3) is 0.500. The van der Waals surface area contributed by atoms with Gasteiger partial charge in [-0.1, -0.05) is 0 Å². The van der Waals surface area contributed by atoms with Crippen LogP contribution in [0.4, 0.5) is 5.82 Å². The van der Waals surface area contributed by atoms with Crippen LogP contribution in [0.25, 0.3) is 22.3 Å². The lowest BCUT2D eigenvalue weighted by molar-refractivity contribution is 0.0196. The molecule has 2 N–H and O–H groups in total. The lowest BCUT2D eigenvalue weighted by atomic mass is 9.84. The number of nitrogens with one attached hydrogen (secondary N) is 1. The monoisotopic (exact) mass is 453 g/mol. The van der Waals surface area contributed by atoms with Gasteiger partial charge in [-0.25, -0.2) is 9.97 Å². The molecule has 3 aromatic heterocycles. The summed E-state index contributed by atoms with van der Waals surface area (Å²) in [6.45, 7) is 5.19. The zero-order chi connectivity index (χ0) is 23.4. The summed E-state index contributed by atoms with van der Waals surface area (Å²) in [6, 6.07) is 5.61. The predicted molar refractivity (Wildman–Crippen MR) is 127 cm³/mol. The van der Waals surface area contributed by atoms with E-state index in [2.05, 4.69) is 20.3 Å². The number of methoxy groups -OCH3 is 1. The Morgan fingerprint density at radius 3 is 2.70 bits per heavy atom. The molecule has 0 atom stereocenters. The maximum Gasteiger partial charge on any atom is 0.293 e. The normalized spacial score (nSPS) is 20.7. The molecule has 3 aromatic rings. The Hall–Kier alpha value is -3.04. The standard InChI is InChI=1S/C24H31N5O4/c1-4-33-12-11-29-20-13-18(16-5-6-21(32-3)26-14-16)25-15-19(20)28-22(23(29)30)27-17-7-9-24(2,31)10-8-17/h5-6,13-15,17,31H,4,7-12H2,1-3H3,(H,27,28). The second-order valence-electron chi connectivity index (χ2n) is 8.68. The van der Waals surface area contributed by atoms with Gasteiger partial charge in [-0.15, -0.1) is 0 Å². The van der Waals surface area contributed by atoms with Crippen LogP contribution in [0.1, 0.15) is 39.5 Å². The Bertz CT molecular complexity index is 1150. The van der Waals surface area contributed by atoms with Crippen molar-refractivity contribution in [1.29, 1.82) is 0 Å². The molecule has 176 valence electrons. The van der Waals surface area contributed by atoms with E-state index in [-0.39, 0.29) is 11.6 Å². The van der Waals surface area contributed by atoms with Gasteiger partial charge in [-0.05, 0) is 51.7 Å². The fourth-order valence-corrected chi connectivity index (χ4v) is 4.15. The molecule has 9 nitrogen and oxygen atoms in total. The molecular formula is C24H31N5O4. The van der Waals surface area contributed by atoms with Gasteiger partial charge in [0.2, 0.25) is 5.88 Å². The number of aliphatic hydroxyl groups is 1. The molecule has 1 aliphatic rings. The zero-order valence-electron chi connectivity index (χ0n) is 19.4. The minimum atomic E-state index is -0.636.